The largest absolute Gasteiger partial charge is 0.299 e. The van der Waals surface area contributed by atoms with Gasteiger partial charge in [0.15, 0.2) is 0 Å². The Labute approximate surface area is 157 Å². The van der Waals surface area contributed by atoms with E-state index in [2.05, 4.69) is 56.1 Å². The topological polar surface area (TPSA) is 3.24 Å². The lowest BCUT2D eigenvalue weighted by molar-refractivity contribution is 0.233. The van der Waals surface area contributed by atoms with Crippen LogP contribution in [0.3, 0.4) is 0 Å². The first-order chi connectivity index (χ1) is 11.3. The highest BCUT2D eigenvalue weighted by Gasteiger charge is 2.13. The summed E-state index contributed by atoms with van der Waals surface area (Å²) in [6.07, 6.45) is 15.4. The van der Waals surface area contributed by atoms with E-state index in [1.807, 2.05) is 0 Å². The summed E-state index contributed by atoms with van der Waals surface area (Å²) in [5.74, 6) is 0. The molecule has 0 N–H and O–H groups in total. The molecular formula is C22H40ClN. The summed E-state index contributed by atoms with van der Waals surface area (Å²) >= 11 is 0. The van der Waals surface area contributed by atoms with Crippen LogP contribution in [0.25, 0.3) is 0 Å². The minimum Gasteiger partial charge on any atom is -0.299 e. The van der Waals surface area contributed by atoms with Crippen molar-refractivity contribution < 1.29 is 0 Å². The molecule has 1 unspecified atom stereocenters. The van der Waals surface area contributed by atoms with Gasteiger partial charge in [-0.3, -0.25) is 4.90 Å². The van der Waals surface area contributed by atoms with Gasteiger partial charge in [-0.05, 0) is 32.0 Å². The van der Waals surface area contributed by atoms with Gasteiger partial charge in [-0.1, -0.05) is 102 Å². The fourth-order valence-electron chi connectivity index (χ4n) is 3.48. The molecule has 0 aliphatic rings. The molecule has 1 aromatic rings. The van der Waals surface area contributed by atoms with E-state index in [1.54, 1.807) is 0 Å². The third kappa shape index (κ3) is 10.4. The second-order valence-electron chi connectivity index (χ2n) is 7.00. The highest BCUT2D eigenvalue weighted by Crippen LogP contribution is 2.23. The van der Waals surface area contributed by atoms with Crippen molar-refractivity contribution >= 4 is 12.4 Å². The number of nitrogens with zero attached hydrogens (tertiary/aromatic N) is 1. The summed E-state index contributed by atoms with van der Waals surface area (Å²) in [5, 5.41) is 0. The number of unbranched alkanes of at least 4 members (excludes halogenated alkanes) is 9. The second kappa shape index (κ2) is 16.0. The molecule has 0 radical (unpaired) electrons. The van der Waals surface area contributed by atoms with Gasteiger partial charge < -0.3 is 0 Å². The predicted octanol–water partition coefficient (Wildman–Crippen LogP) is 7.41. The Balaban J connectivity index is 0.00000529. The first-order valence-corrected chi connectivity index (χ1v) is 10.0. The molecule has 0 heterocycles. The number of rotatable bonds is 14. The van der Waals surface area contributed by atoms with Crippen molar-refractivity contribution in [3.05, 3.63) is 35.9 Å². The van der Waals surface area contributed by atoms with Crippen LogP contribution in [0.1, 0.15) is 96.1 Å². The Morgan fingerprint density at radius 2 is 1.25 bits per heavy atom. The molecule has 1 aromatic carbocycles. The van der Waals surface area contributed by atoms with E-state index in [4.69, 9.17) is 0 Å². The van der Waals surface area contributed by atoms with Crippen LogP contribution in [0.4, 0.5) is 0 Å². The van der Waals surface area contributed by atoms with Crippen LogP contribution in [0.15, 0.2) is 30.3 Å². The molecule has 1 atom stereocenters. The summed E-state index contributed by atoms with van der Waals surface area (Å²) in [7, 11) is 2.29. The summed E-state index contributed by atoms with van der Waals surface area (Å²) in [4.78, 5) is 2.54. The van der Waals surface area contributed by atoms with Crippen LogP contribution >= 0.6 is 12.4 Å². The zero-order valence-electron chi connectivity index (χ0n) is 16.3. The van der Waals surface area contributed by atoms with Crippen LogP contribution in [-0.4, -0.2) is 18.5 Å². The standard InChI is InChI=1S/C22H39N.ClH/c1-4-6-7-8-9-10-11-12-13-17-20-23(3)22(5-2)21-18-15-14-16-19-21;/h14-16,18-19,22H,4-13,17,20H2,1-3H3;1H. The van der Waals surface area contributed by atoms with Crippen molar-refractivity contribution in [2.24, 2.45) is 0 Å². The van der Waals surface area contributed by atoms with E-state index >= 15 is 0 Å². The number of hydrogen-bond acceptors (Lipinski definition) is 1. The number of hydrogen-bond donors (Lipinski definition) is 0. The molecule has 0 saturated heterocycles. The Kier molecular flexibility index (Phi) is 15.6. The van der Waals surface area contributed by atoms with E-state index in [9.17, 15) is 0 Å². The van der Waals surface area contributed by atoms with Crippen LogP contribution in [0, 0.1) is 0 Å². The summed E-state index contributed by atoms with van der Waals surface area (Å²) in [6.45, 7) is 5.81. The molecule has 0 aromatic heterocycles. The lowest BCUT2D eigenvalue weighted by atomic mass is 10.0. The number of benzene rings is 1. The van der Waals surface area contributed by atoms with Gasteiger partial charge in [-0.2, -0.15) is 0 Å². The fraction of sp³-hybridized carbons (Fsp3) is 0.727. The molecule has 0 aliphatic heterocycles. The van der Waals surface area contributed by atoms with Crippen molar-refractivity contribution in [1.82, 2.24) is 4.90 Å². The minimum absolute atomic E-state index is 0. The molecule has 24 heavy (non-hydrogen) atoms. The predicted molar refractivity (Wildman–Crippen MR) is 111 cm³/mol. The van der Waals surface area contributed by atoms with Gasteiger partial charge in [0, 0.05) is 6.04 Å². The minimum atomic E-state index is 0. The molecule has 1 rings (SSSR count). The average Bonchev–Trinajstić information content (AvgIpc) is 2.58. The van der Waals surface area contributed by atoms with Crippen molar-refractivity contribution in [3.63, 3.8) is 0 Å². The van der Waals surface area contributed by atoms with Crippen LogP contribution in [0.2, 0.25) is 0 Å². The highest BCUT2D eigenvalue weighted by atomic mass is 35.5. The third-order valence-corrected chi connectivity index (χ3v) is 4.97. The SMILES string of the molecule is CCCCCCCCCCCCN(C)C(CC)c1ccccc1.Cl. The Morgan fingerprint density at radius 1 is 0.750 bits per heavy atom. The Morgan fingerprint density at radius 3 is 1.75 bits per heavy atom. The van der Waals surface area contributed by atoms with Crippen LogP contribution < -0.4 is 0 Å². The molecular weight excluding hydrogens is 314 g/mol. The zero-order chi connectivity index (χ0) is 16.8. The van der Waals surface area contributed by atoms with Gasteiger partial charge in [-0.15, -0.1) is 12.4 Å². The van der Waals surface area contributed by atoms with E-state index in [0.29, 0.717) is 6.04 Å². The maximum atomic E-state index is 2.54. The average molecular weight is 354 g/mol. The van der Waals surface area contributed by atoms with Gasteiger partial charge in [-0.25, -0.2) is 0 Å². The molecule has 0 amide bonds. The van der Waals surface area contributed by atoms with Crippen molar-refractivity contribution in [1.29, 1.82) is 0 Å². The molecule has 0 fully saturated rings. The molecule has 0 spiro atoms. The molecule has 0 bridgehead atoms. The van der Waals surface area contributed by atoms with E-state index in [-0.39, 0.29) is 12.4 Å². The Hall–Kier alpha value is -0.530. The molecule has 2 heteroatoms. The van der Waals surface area contributed by atoms with Crippen molar-refractivity contribution in [3.8, 4) is 0 Å². The van der Waals surface area contributed by atoms with Gasteiger partial charge in [0.25, 0.3) is 0 Å². The first kappa shape index (κ1) is 23.5. The van der Waals surface area contributed by atoms with Gasteiger partial charge in [0.2, 0.25) is 0 Å². The Bertz CT molecular complexity index is 365. The smallest absolute Gasteiger partial charge is 0.0342 e. The van der Waals surface area contributed by atoms with Crippen LogP contribution in [0.5, 0.6) is 0 Å². The first-order valence-electron chi connectivity index (χ1n) is 10.0. The van der Waals surface area contributed by atoms with Gasteiger partial charge in [0.05, 0.1) is 0 Å². The molecule has 1 nitrogen and oxygen atoms in total. The molecule has 140 valence electrons. The van der Waals surface area contributed by atoms with E-state index in [1.165, 1.54) is 82.7 Å². The second-order valence-corrected chi connectivity index (χ2v) is 7.00. The van der Waals surface area contributed by atoms with E-state index in [0.717, 1.165) is 0 Å². The van der Waals surface area contributed by atoms with E-state index < -0.39 is 0 Å². The van der Waals surface area contributed by atoms with Crippen molar-refractivity contribution in [2.75, 3.05) is 13.6 Å². The number of halogens is 1. The van der Waals surface area contributed by atoms with Gasteiger partial charge in [0.1, 0.15) is 0 Å². The van der Waals surface area contributed by atoms with Crippen molar-refractivity contribution in [2.45, 2.75) is 90.5 Å². The summed E-state index contributed by atoms with van der Waals surface area (Å²) < 4.78 is 0. The van der Waals surface area contributed by atoms with Crippen LogP contribution in [-0.2, 0) is 0 Å². The highest BCUT2D eigenvalue weighted by molar-refractivity contribution is 5.85. The molecule has 0 aliphatic carbocycles. The maximum Gasteiger partial charge on any atom is 0.0342 e. The lowest BCUT2D eigenvalue weighted by Gasteiger charge is -2.27. The quantitative estimate of drug-likeness (QED) is 0.314. The zero-order valence-corrected chi connectivity index (χ0v) is 17.1. The summed E-state index contributed by atoms with van der Waals surface area (Å²) in [5.41, 5.74) is 1.46. The lowest BCUT2D eigenvalue weighted by Crippen LogP contribution is -2.25. The van der Waals surface area contributed by atoms with Gasteiger partial charge >= 0.3 is 0 Å². The maximum absolute atomic E-state index is 2.54. The molecule has 0 saturated carbocycles. The summed E-state index contributed by atoms with van der Waals surface area (Å²) in [6, 6.07) is 11.5. The monoisotopic (exact) mass is 353 g/mol. The third-order valence-electron chi connectivity index (χ3n) is 4.97. The normalized spacial score (nSPS) is 12.2. The fourth-order valence-corrected chi connectivity index (χ4v) is 3.48.